The Hall–Kier alpha value is -2.44. The number of carbonyl (C=O) groups excluding carboxylic acids is 1. The Morgan fingerprint density at radius 1 is 1.29 bits per heavy atom. The van der Waals surface area contributed by atoms with E-state index in [0.717, 1.165) is 16.2 Å². The van der Waals surface area contributed by atoms with Gasteiger partial charge in [0.15, 0.2) is 0 Å². The Morgan fingerprint density at radius 2 is 2.00 bits per heavy atom. The number of likely N-dealkylation sites (tertiary alicyclic amines) is 1. The van der Waals surface area contributed by atoms with E-state index in [-0.39, 0.29) is 19.0 Å². The van der Waals surface area contributed by atoms with Gasteiger partial charge in [0, 0.05) is 30.6 Å². The fraction of sp³-hybridized carbons (Fsp3) is 0.412. The van der Waals surface area contributed by atoms with E-state index in [1.807, 2.05) is 44.2 Å². The first kappa shape index (κ1) is 16.4. The summed E-state index contributed by atoms with van der Waals surface area (Å²) in [4.78, 5) is 13.4. The van der Waals surface area contributed by atoms with Gasteiger partial charge in [-0.25, -0.2) is 18.3 Å². The van der Waals surface area contributed by atoms with Gasteiger partial charge in [0.2, 0.25) is 0 Å². The number of carbonyl (C=O) groups is 1. The zero-order valence-electron chi connectivity index (χ0n) is 13.7. The Kier molecular flexibility index (Phi) is 4.26. The zero-order valence-corrected chi connectivity index (χ0v) is 13.7. The molecule has 0 saturated carbocycles. The van der Waals surface area contributed by atoms with Crippen LogP contribution in [-0.4, -0.2) is 39.7 Å². The van der Waals surface area contributed by atoms with Crippen LogP contribution in [0, 0.1) is 0 Å². The van der Waals surface area contributed by atoms with Crippen LogP contribution in [0.25, 0.3) is 11.3 Å². The first-order chi connectivity index (χ1) is 11.4. The molecule has 1 N–H and O–H groups in total. The Balaban J connectivity index is 1.82. The predicted octanol–water partition coefficient (Wildman–Crippen LogP) is 4.00. The molecule has 0 bridgehead atoms. The molecule has 7 heteroatoms. The predicted molar refractivity (Wildman–Crippen MR) is 88.2 cm³/mol. The van der Waals surface area contributed by atoms with Crippen molar-refractivity contribution < 1.29 is 13.6 Å². The molecule has 1 fully saturated rings. The maximum absolute atomic E-state index is 13.3. The molecule has 0 unspecified atom stereocenters. The van der Waals surface area contributed by atoms with E-state index in [4.69, 9.17) is 0 Å². The van der Waals surface area contributed by atoms with E-state index in [0.29, 0.717) is 5.82 Å². The zero-order chi connectivity index (χ0) is 17.3. The summed E-state index contributed by atoms with van der Waals surface area (Å²) in [5.41, 5.74) is 1.66. The minimum absolute atomic E-state index is 0.0257. The molecule has 128 valence electrons. The fourth-order valence-corrected chi connectivity index (χ4v) is 2.73. The van der Waals surface area contributed by atoms with Crippen LogP contribution in [0.4, 0.5) is 19.4 Å². The molecule has 2 aromatic rings. The normalized spacial score (nSPS) is 16.6. The topological polar surface area (TPSA) is 50.2 Å². The molecule has 1 aliphatic rings. The van der Waals surface area contributed by atoms with Gasteiger partial charge in [0.05, 0.1) is 12.2 Å². The second kappa shape index (κ2) is 6.22. The van der Waals surface area contributed by atoms with Crippen LogP contribution in [0.5, 0.6) is 0 Å². The highest BCUT2D eigenvalue weighted by Crippen LogP contribution is 2.28. The Morgan fingerprint density at radius 3 is 2.58 bits per heavy atom. The summed E-state index contributed by atoms with van der Waals surface area (Å²) >= 11 is 0. The largest absolute Gasteiger partial charge is 0.323 e. The van der Waals surface area contributed by atoms with Crippen molar-refractivity contribution in [1.29, 1.82) is 0 Å². The van der Waals surface area contributed by atoms with E-state index in [1.54, 1.807) is 10.7 Å². The third-order valence-electron chi connectivity index (χ3n) is 3.99. The number of halogens is 2. The molecule has 1 saturated heterocycles. The van der Waals surface area contributed by atoms with Gasteiger partial charge in [0.25, 0.3) is 5.92 Å². The van der Waals surface area contributed by atoms with Crippen LogP contribution in [0.3, 0.4) is 0 Å². The molecule has 0 radical (unpaired) electrons. The van der Waals surface area contributed by atoms with Crippen molar-refractivity contribution in [2.45, 2.75) is 32.2 Å². The second-order valence-electron chi connectivity index (χ2n) is 6.28. The van der Waals surface area contributed by atoms with Gasteiger partial charge in [-0.2, -0.15) is 5.10 Å². The Bertz CT molecular complexity index is 727. The van der Waals surface area contributed by atoms with Gasteiger partial charge in [-0.15, -0.1) is 0 Å². The lowest BCUT2D eigenvalue weighted by Crippen LogP contribution is -2.35. The van der Waals surface area contributed by atoms with Crippen molar-refractivity contribution in [3.63, 3.8) is 0 Å². The molecule has 2 amide bonds. The molecule has 24 heavy (non-hydrogen) atoms. The van der Waals surface area contributed by atoms with Crippen molar-refractivity contribution in [2.24, 2.45) is 0 Å². The monoisotopic (exact) mass is 334 g/mol. The number of benzene rings is 1. The number of anilines is 1. The van der Waals surface area contributed by atoms with Gasteiger partial charge in [0.1, 0.15) is 5.82 Å². The maximum Gasteiger partial charge on any atom is 0.323 e. The molecule has 1 aromatic heterocycles. The van der Waals surface area contributed by atoms with Crippen LogP contribution < -0.4 is 5.32 Å². The van der Waals surface area contributed by atoms with E-state index in [2.05, 4.69) is 10.4 Å². The number of nitrogens with zero attached hydrogens (tertiary/aromatic N) is 3. The lowest BCUT2D eigenvalue weighted by atomic mass is 10.2. The molecule has 0 spiro atoms. The third kappa shape index (κ3) is 3.39. The van der Waals surface area contributed by atoms with E-state index in [9.17, 15) is 13.6 Å². The highest BCUT2D eigenvalue weighted by molar-refractivity contribution is 5.89. The van der Waals surface area contributed by atoms with Gasteiger partial charge < -0.3 is 4.90 Å². The van der Waals surface area contributed by atoms with E-state index < -0.39 is 18.5 Å². The average molecular weight is 334 g/mol. The maximum atomic E-state index is 13.3. The van der Waals surface area contributed by atoms with Gasteiger partial charge in [-0.05, 0) is 13.8 Å². The molecule has 3 rings (SSSR count). The quantitative estimate of drug-likeness (QED) is 0.922. The van der Waals surface area contributed by atoms with Gasteiger partial charge in [-0.1, -0.05) is 30.3 Å². The van der Waals surface area contributed by atoms with Crippen LogP contribution in [-0.2, 0) is 0 Å². The van der Waals surface area contributed by atoms with E-state index in [1.165, 1.54) is 0 Å². The first-order valence-corrected chi connectivity index (χ1v) is 7.94. The summed E-state index contributed by atoms with van der Waals surface area (Å²) in [5, 5.41) is 7.24. The van der Waals surface area contributed by atoms with Crippen LogP contribution >= 0.6 is 0 Å². The number of rotatable bonds is 3. The SMILES string of the molecule is CC(C)n1nc(-c2ccccc2)cc1NC(=O)N1CCC(F)(F)C1. The summed E-state index contributed by atoms with van der Waals surface area (Å²) in [6, 6.07) is 10.9. The van der Waals surface area contributed by atoms with Crippen molar-refractivity contribution in [1.82, 2.24) is 14.7 Å². The highest BCUT2D eigenvalue weighted by Gasteiger charge is 2.40. The highest BCUT2D eigenvalue weighted by atomic mass is 19.3. The summed E-state index contributed by atoms with van der Waals surface area (Å²) in [5.74, 6) is -2.30. The van der Waals surface area contributed by atoms with Gasteiger partial charge in [-0.3, -0.25) is 5.32 Å². The molecular formula is C17H20F2N4O. The number of urea groups is 1. The summed E-state index contributed by atoms with van der Waals surface area (Å²) < 4.78 is 28.3. The minimum atomic E-state index is -2.80. The molecule has 2 heterocycles. The standard InChI is InChI=1S/C17H20F2N4O/c1-12(2)23-15(10-14(21-23)13-6-4-3-5-7-13)20-16(24)22-9-8-17(18,19)11-22/h3-7,10,12H,8-9,11H2,1-2H3,(H,20,24). The van der Waals surface area contributed by atoms with Crippen molar-refractivity contribution >= 4 is 11.8 Å². The summed E-state index contributed by atoms with van der Waals surface area (Å²) in [7, 11) is 0. The number of amides is 2. The molecule has 5 nitrogen and oxygen atoms in total. The molecule has 0 atom stereocenters. The lowest BCUT2D eigenvalue weighted by molar-refractivity contribution is 0.0159. The van der Waals surface area contributed by atoms with Crippen LogP contribution in [0.2, 0.25) is 0 Å². The molecule has 1 aliphatic heterocycles. The van der Waals surface area contributed by atoms with Crippen molar-refractivity contribution in [3.8, 4) is 11.3 Å². The molecule has 1 aromatic carbocycles. The lowest BCUT2D eigenvalue weighted by Gasteiger charge is -2.18. The first-order valence-electron chi connectivity index (χ1n) is 7.94. The average Bonchev–Trinajstić information content (AvgIpc) is 3.11. The molecule has 0 aliphatic carbocycles. The third-order valence-corrected chi connectivity index (χ3v) is 3.99. The number of nitrogens with one attached hydrogen (secondary N) is 1. The Labute approximate surface area is 139 Å². The van der Waals surface area contributed by atoms with Crippen molar-refractivity contribution in [3.05, 3.63) is 36.4 Å². The van der Waals surface area contributed by atoms with Crippen LogP contribution in [0.1, 0.15) is 26.3 Å². The number of aromatic nitrogens is 2. The second-order valence-corrected chi connectivity index (χ2v) is 6.28. The molecular weight excluding hydrogens is 314 g/mol. The fourth-order valence-electron chi connectivity index (χ4n) is 2.73. The number of alkyl halides is 2. The number of hydrogen-bond acceptors (Lipinski definition) is 2. The summed E-state index contributed by atoms with van der Waals surface area (Å²) in [6.45, 7) is 3.41. The van der Waals surface area contributed by atoms with E-state index >= 15 is 0 Å². The smallest absolute Gasteiger partial charge is 0.318 e. The van der Waals surface area contributed by atoms with Gasteiger partial charge >= 0.3 is 6.03 Å². The van der Waals surface area contributed by atoms with Crippen molar-refractivity contribution in [2.75, 3.05) is 18.4 Å². The summed E-state index contributed by atoms with van der Waals surface area (Å²) in [6.07, 6.45) is -0.293. The minimum Gasteiger partial charge on any atom is -0.318 e. The number of hydrogen-bond donors (Lipinski definition) is 1. The van der Waals surface area contributed by atoms with Crippen LogP contribution in [0.15, 0.2) is 36.4 Å².